The van der Waals surface area contributed by atoms with E-state index in [1.807, 2.05) is 13.1 Å². The fourth-order valence-electron chi connectivity index (χ4n) is 2.28. The van der Waals surface area contributed by atoms with Gasteiger partial charge in [-0.25, -0.2) is 8.42 Å². The van der Waals surface area contributed by atoms with Crippen molar-refractivity contribution in [3.63, 3.8) is 0 Å². The van der Waals surface area contributed by atoms with Crippen LogP contribution in [0.1, 0.15) is 18.7 Å². The summed E-state index contributed by atoms with van der Waals surface area (Å²) in [5.74, 6) is 0.886. The van der Waals surface area contributed by atoms with Crippen molar-refractivity contribution < 1.29 is 8.42 Å². The van der Waals surface area contributed by atoms with Gasteiger partial charge in [0.2, 0.25) is 0 Å². The average molecular weight is 302 g/mol. The third kappa shape index (κ3) is 3.18. The Hall–Kier alpha value is -0.430. The average Bonchev–Trinajstić information content (AvgIpc) is 2.95. The first-order chi connectivity index (χ1) is 8.95. The smallest absolute Gasteiger partial charge is 0.252 e. The number of likely N-dealkylation sites (N-methyl/N-ethyl adjacent to an activating group) is 1. The van der Waals surface area contributed by atoms with E-state index in [1.54, 1.807) is 10.4 Å². The molecule has 0 aromatic carbocycles. The van der Waals surface area contributed by atoms with Crippen LogP contribution in [0.25, 0.3) is 0 Å². The first-order valence-electron chi connectivity index (χ1n) is 6.68. The van der Waals surface area contributed by atoms with Crippen molar-refractivity contribution in [3.8, 4) is 0 Å². The van der Waals surface area contributed by atoms with Gasteiger partial charge in [0, 0.05) is 18.0 Å². The summed E-state index contributed by atoms with van der Waals surface area (Å²) in [7, 11) is -1.38. The third-order valence-electron chi connectivity index (χ3n) is 3.81. The summed E-state index contributed by atoms with van der Waals surface area (Å²) >= 11 is 1.40. The molecule has 1 aromatic rings. The van der Waals surface area contributed by atoms with E-state index in [4.69, 9.17) is 0 Å². The Labute approximate surface area is 119 Å². The molecular formula is C13H22N2O2S2. The van der Waals surface area contributed by atoms with Gasteiger partial charge in [0.25, 0.3) is 10.0 Å². The van der Waals surface area contributed by atoms with Gasteiger partial charge in [-0.05, 0) is 44.0 Å². The monoisotopic (exact) mass is 302 g/mol. The van der Waals surface area contributed by atoms with E-state index in [-0.39, 0.29) is 0 Å². The van der Waals surface area contributed by atoms with Crippen molar-refractivity contribution in [1.82, 2.24) is 9.62 Å². The predicted molar refractivity (Wildman–Crippen MR) is 79.0 cm³/mol. The fourth-order valence-corrected chi connectivity index (χ4v) is 5.43. The van der Waals surface area contributed by atoms with Gasteiger partial charge in [0.1, 0.15) is 4.21 Å². The molecule has 1 saturated heterocycles. The summed E-state index contributed by atoms with van der Waals surface area (Å²) < 4.78 is 27.2. The Balaban J connectivity index is 2.14. The maximum atomic E-state index is 12.5. The van der Waals surface area contributed by atoms with E-state index in [9.17, 15) is 8.42 Å². The molecule has 19 heavy (non-hydrogen) atoms. The van der Waals surface area contributed by atoms with Crippen molar-refractivity contribution in [2.45, 2.75) is 24.5 Å². The molecule has 2 rings (SSSR count). The summed E-state index contributed by atoms with van der Waals surface area (Å²) in [6.07, 6.45) is 0.878. The molecule has 1 aliphatic rings. The van der Waals surface area contributed by atoms with Crippen molar-refractivity contribution in [1.29, 1.82) is 0 Å². The quantitative estimate of drug-likeness (QED) is 0.902. The summed E-state index contributed by atoms with van der Waals surface area (Å²) in [6.45, 7) is 6.40. The zero-order valence-electron chi connectivity index (χ0n) is 11.7. The normalized spacial score (nSPS) is 25.0. The highest BCUT2D eigenvalue weighted by molar-refractivity contribution is 7.91. The molecule has 1 fully saturated rings. The standard InChI is InChI=1S/C13H22N2O2S2/c1-10-8-15(9-11(10)2)19(16,17)13-5-4-12(18-13)6-7-14-3/h4-5,10-11,14H,6-9H2,1-3H3. The molecule has 1 N–H and O–H groups in total. The number of hydrogen-bond donors (Lipinski definition) is 1. The van der Waals surface area contributed by atoms with Crippen LogP contribution in [0.15, 0.2) is 16.3 Å². The molecule has 0 aliphatic carbocycles. The lowest BCUT2D eigenvalue weighted by Crippen LogP contribution is -2.28. The summed E-state index contributed by atoms with van der Waals surface area (Å²) in [4.78, 5) is 1.12. The minimum absolute atomic E-state index is 0.443. The minimum atomic E-state index is -3.28. The number of rotatable bonds is 5. The Morgan fingerprint density at radius 3 is 2.53 bits per heavy atom. The van der Waals surface area contributed by atoms with Crippen LogP contribution in [0.4, 0.5) is 0 Å². The second-order valence-corrected chi connectivity index (χ2v) is 8.68. The van der Waals surface area contributed by atoms with Crippen LogP contribution in [0.5, 0.6) is 0 Å². The molecule has 0 saturated carbocycles. The Kier molecular flexibility index (Phi) is 4.66. The van der Waals surface area contributed by atoms with Crippen LogP contribution in [0.2, 0.25) is 0 Å². The van der Waals surface area contributed by atoms with Crippen LogP contribution in [0, 0.1) is 11.8 Å². The Bertz CT molecular complexity index is 515. The number of hydrogen-bond acceptors (Lipinski definition) is 4. The molecular weight excluding hydrogens is 280 g/mol. The topological polar surface area (TPSA) is 49.4 Å². The van der Waals surface area contributed by atoms with E-state index in [1.165, 1.54) is 11.3 Å². The van der Waals surface area contributed by atoms with E-state index in [0.717, 1.165) is 17.8 Å². The van der Waals surface area contributed by atoms with Gasteiger partial charge in [-0.1, -0.05) is 13.8 Å². The van der Waals surface area contributed by atoms with Crippen LogP contribution in [-0.4, -0.2) is 39.4 Å². The SMILES string of the molecule is CNCCc1ccc(S(=O)(=O)N2CC(C)C(C)C2)s1. The maximum Gasteiger partial charge on any atom is 0.252 e. The maximum absolute atomic E-state index is 12.5. The molecule has 4 nitrogen and oxygen atoms in total. The van der Waals surface area contributed by atoms with Gasteiger partial charge < -0.3 is 5.32 Å². The van der Waals surface area contributed by atoms with E-state index < -0.39 is 10.0 Å². The van der Waals surface area contributed by atoms with E-state index >= 15 is 0 Å². The zero-order valence-corrected chi connectivity index (χ0v) is 13.4. The minimum Gasteiger partial charge on any atom is -0.319 e. The van der Waals surface area contributed by atoms with Gasteiger partial charge >= 0.3 is 0 Å². The molecule has 0 radical (unpaired) electrons. The molecule has 6 heteroatoms. The molecule has 0 spiro atoms. The van der Waals surface area contributed by atoms with Crippen LogP contribution < -0.4 is 5.32 Å². The highest BCUT2D eigenvalue weighted by Gasteiger charge is 2.35. The predicted octanol–water partition coefficient (Wildman–Crippen LogP) is 1.79. The van der Waals surface area contributed by atoms with Crippen LogP contribution in [0.3, 0.4) is 0 Å². The molecule has 0 bridgehead atoms. The van der Waals surface area contributed by atoms with Crippen LogP contribution in [-0.2, 0) is 16.4 Å². The van der Waals surface area contributed by atoms with Gasteiger partial charge in [-0.3, -0.25) is 0 Å². The zero-order chi connectivity index (χ0) is 14.0. The number of nitrogens with one attached hydrogen (secondary N) is 1. The van der Waals surface area contributed by atoms with E-state index in [2.05, 4.69) is 19.2 Å². The highest BCUT2D eigenvalue weighted by atomic mass is 32.2. The second-order valence-electron chi connectivity index (χ2n) is 5.35. The summed E-state index contributed by atoms with van der Waals surface area (Å²) in [5, 5.41) is 3.08. The van der Waals surface area contributed by atoms with Gasteiger partial charge in [0.05, 0.1) is 0 Å². The first-order valence-corrected chi connectivity index (χ1v) is 8.94. The largest absolute Gasteiger partial charge is 0.319 e. The van der Waals surface area contributed by atoms with Gasteiger partial charge in [-0.15, -0.1) is 11.3 Å². The lowest BCUT2D eigenvalue weighted by molar-refractivity contribution is 0.465. The first kappa shape index (κ1) is 15.0. The van der Waals surface area contributed by atoms with Crippen molar-refractivity contribution in [2.75, 3.05) is 26.7 Å². The van der Waals surface area contributed by atoms with E-state index in [0.29, 0.717) is 29.1 Å². The Morgan fingerprint density at radius 1 is 1.32 bits per heavy atom. The van der Waals surface area contributed by atoms with Crippen molar-refractivity contribution in [3.05, 3.63) is 17.0 Å². The summed E-state index contributed by atoms with van der Waals surface area (Å²) in [5.41, 5.74) is 0. The second kappa shape index (κ2) is 5.91. The lowest BCUT2D eigenvalue weighted by atomic mass is 10.0. The lowest BCUT2D eigenvalue weighted by Gasteiger charge is -2.14. The molecule has 2 atom stereocenters. The molecule has 1 aromatic heterocycles. The molecule has 2 heterocycles. The molecule has 0 amide bonds. The fraction of sp³-hybridized carbons (Fsp3) is 0.692. The number of sulfonamides is 1. The van der Waals surface area contributed by atoms with Gasteiger partial charge in [-0.2, -0.15) is 4.31 Å². The molecule has 2 unspecified atom stereocenters. The number of thiophene rings is 1. The molecule has 1 aliphatic heterocycles. The van der Waals surface area contributed by atoms with Crippen molar-refractivity contribution in [2.24, 2.45) is 11.8 Å². The summed E-state index contributed by atoms with van der Waals surface area (Å²) in [6, 6.07) is 3.68. The van der Waals surface area contributed by atoms with Crippen molar-refractivity contribution >= 4 is 21.4 Å². The highest BCUT2D eigenvalue weighted by Crippen LogP contribution is 2.31. The van der Waals surface area contributed by atoms with Crippen LogP contribution >= 0.6 is 11.3 Å². The number of nitrogens with zero attached hydrogens (tertiary/aromatic N) is 1. The molecule has 108 valence electrons. The van der Waals surface area contributed by atoms with Gasteiger partial charge in [0.15, 0.2) is 0 Å². The Morgan fingerprint density at radius 2 is 1.95 bits per heavy atom. The third-order valence-corrected chi connectivity index (χ3v) is 7.25.